The fraction of sp³-hybridized carbons (Fsp3) is 0.562. The van der Waals surface area contributed by atoms with E-state index in [4.69, 9.17) is 9.47 Å². The van der Waals surface area contributed by atoms with Gasteiger partial charge in [-0.05, 0) is 37.3 Å². The molecule has 1 amide bonds. The molecule has 20 heavy (non-hydrogen) atoms. The van der Waals surface area contributed by atoms with Gasteiger partial charge in [0.1, 0.15) is 0 Å². The highest BCUT2D eigenvalue weighted by Crippen LogP contribution is 2.30. The summed E-state index contributed by atoms with van der Waals surface area (Å²) < 4.78 is 10.8. The molecule has 0 spiro atoms. The second-order valence-electron chi connectivity index (χ2n) is 5.22. The van der Waals surface area contributed by atoms with Gasteiger partial charge in [-0.15, -0.1) is 0 Å². The second-order valence-corrected chi connectivity index (χ2v) is 5.22. The Morgan fingerprint density at radius 3 is 2.60 bits per heavy atom. The zero-order valence-electron chi connectivity index (χ0n) is 12.3. The van der Waals surface area contributed by atoms with Crippen LogP contribution in [0, 0.1) is 5.92 Å². The first-order valence-electron chi connectivity index (χ1n) is 7.28. The first-order chi connectivity index (χ1) is 9.74. The summed E-state index contributed by atoms with van der Waals surface area (Å²) in [6.07, 6.45) is 3.48. The number of ether oxygens (including phenoxy) is 2. The van der Waals surface area contributed by atoms with Crippen LogP contribution >= 0.6 is 0 Å². The van der Waals surface area contributed by atoms with E-state index >= 15 is 0 Å². The lowest BCUT2D eigenvalue weighted by atomic mass is 10.3. The number of nitrogens with zero attached hydrogens (tertiary/aromatic N) is 1. The van der Waals surface area contributed by atoms with Crippen molar-refractivity contribution in [1.82, 2.24) is 4.90 Å². The lowest BCUT2D eigenvalue weighted by Gasteiger charge is -2.22. The van der Waals surface area contributed by atoms with Crippen LogP contribution in [0.25, 0.3) is 0 Å². The summed E-state index contributed by atoms with van der Waals surface area (Å²) in [6, 6.07) is 7.39. The molecule has 0 saturated heterocycles. The van der Waals surface area contributed by atoms with Crippen LogP contribution in [-0.4, -0.2) is 37.6 Å². The highest BCUT2D eigenvalue weighted by molar-refractivity contribution is 5.77. The summed E-state index contributed by atoms with van der Waals surface area (Å²) in [5.74, 6) is 2.04. The Morgan fingerprint density at radius 2 is 2.00 bits per heavy atom. The molecule has 110 valence electrons. The molecule has 0 bridgehead atoms. The third kappa shape index (κ3) is 4.15. The molecule has 1 aromatic carbocycles. The molecular weight excluding hydrogens is 254 g/mol. The zero-order valence-corrected chi connectivity index (χ0v) is 12.3. The third-order valence-corrected chi connectivity index (χ3v) is 3.44. The van der Waals surface area contributed by atoms with E-state index in [9.17, 15) is 4.79 Å². The molecule has 1 aromatic rings. The van der Waals surface area contributed by atoms with Gasteiger partial charge in [0.25, 0.3) is 5.91 Å². The van der Waals surface area contributed by atoms with Crippen molar-refractivity contribution in [1.29, 1.82) is 0 Å². The fourth-order valence-corrected chi connectivity index (χ4v) is 2.17. The predicted octanol–water partition coefficient (Wildman–Crippen LogP) is 2.72. The smallest absolute Gasteiger partial charge is 0.260 e. The fourth-order valence-electron chi connectivity index (χ4n) is 2.17. The number of methoxy groups -OCH3 is 1. The largest absolute Gasteiger partial charge is 0.493 e. The molecule has 0 unspecified atom stereocenters. The Bertz CT molecular complexity index is 443. The van der Waals surface area contributed by atoms with E-state index in [0.29, 0.717) is 17.4 Å². The molecule has 0 heterocycles. The Kier molecular flexibility index (Phi) is 5.27. The molecule has 1 aliphatic carbocycles. The quantitative estimate of drug-likeness (QED) is 0.733. The van der Waals surface area contributed by atoms with Crippen LogP contribution in [0.4, 0.5) is 0 Å². The first-order valence-corrected chi connectivity index (χ1v) is 7.28. The molecule has 0 radical (unpaired) electrons. The second kappa shape index (κ2) is 7.17. The number of hydrogen-bond donors (Lipinski definition) is 0. The Morgan fingerprint density at radius 1 is 1.30 bits per heavy atom. The van der Waals surface area contributed by atoms with Crippen molar-refractivity contribution in [3.8, 4) is 11.5 Å². The lowest BCUT2D eigenvalue weighted by molar-refractivity contribution is -0.133. The maximum absolute atomic E-state index is 12.2. The van der Waals surface area contributed by atoms with Crippen LogP contribution in [0.3, 0.4) is 0 Å². The molecule has 1 fully saturated rings. The highest BCUT2D eigenvalue weighted by Gasteiger charge is 2.26. The molecule has 1 saturated carbocycles. The van der Waals surface area contributed by atoms with E-state index in [2.05, 4.69) is 6.92 Å². The zero-order chi connectivity index (χ0) is 14.4. The van der Waals surface area contributed by atoms with Crippen molar-refractivity contribution in [3.63, 3.8) is 0 Å². The summed E-state index contributed by atoms with van der Waals surface area (Å²) in [4.78, 5) is 14.2. The van der Waals surface area contributed by atoms with Gasteiger partial charge in [-0.25, -0.2) is 0 Å². The van der Waals surface area contributed by atoms with Crippen LogP contribution in [-0.2, 0) is 4.79 Å². The van der Waals surface area contributed by atoms with Crippen LogP contribution in [0.15, 0.2) is 24.3 Å². The van der Waals surface area contributed by atoms with Crippen molar-refractivity contribution < 1.29 is 14.3 Å². The van der Waals surface area contributed by atoms with Crippen LogP contribution in [0.2, 0.25) is 0 Å². The first kappa shape index (κ1) is 14.7. The highest BCUT2D eigenvalue weighted by atomic mass is 16.5. The van der Waals surface area contributed by atoms with E-state index < -0.39 is 0 Å². The van der Waals surface area contributed by atoms with Crippen molar-refractivity contribution in [2.45, 2.75) is 26.2 Å². The molecule has 2 rings (SSSR count). The van der Waals surface area contributed by atoms with Crippen LogP contribution in [0.1, 0.15) is 26.2 Å². The minimum Gasteiger partial charge on any atom is -0.493 e. The SMILES string of the molecule is CCCN(CC1CC1)C(=O)COc1ccccc1OC. The van der Waals surface area contributed by atoms with E-state index in [1.807, 2.05) is 29.2 Å². The van der Waals surface area contributed by atoms with Gasteiger partial charge >= 0.3 is 0 Å². The van der Waals surface area contributed by atoms with Gasteiger partial charge < -0.3 is 14.4 Å². The van der Waals surface area contributed by atoms with Gasteiger partial charge in [0.15, 0.2) is 18.1 Å². The summed E-state index contributed by atoms with van der Waals surface area (Å²) in [6.45, 7) is 3.86. The number of carbonyl (C=O) groups is 1. The Labute approximate surface area is 120 Å². The number of para-hydroxylation sites is 2. The maximum atomic E-state index is 12.2. The molecule has 1 aliphatic rings. The molecular formula is C16H23NO3. The van der Waals surface area contributed by atoms with Crippen LogP contribution < -0.4 is 9.47 Å². The average molecular weight is 277 g/mol. The van der Waals surface area contributed by atoms with Crippen LogP contribution in [0.5, 0.6) is 11.5 Å². The summed E-state index contributed by atoms with van der Waals surface area (Å²) >= 11 is 0. The van der Waals surface area contributed by atoms with Crippen molar-refractivity contribution in [2.24, 2.45) is 5.92 Å². The predicted molar refractivity (Wildman–Crippen MR) is 78.1 cm³/mol. The van der Waals surface area contributed by atoms with E-state index in [1.165, 1.54) is 12.8 Å². The molecule has 0 N–H and O–H groups in total. The number of amides is 1. The van der Waals surface area contributed by atoms with Gasteiger partial charge in [0.05, 0.1) is 7.11 Å². The van der Waals surface area contributed by atoms with Crippen molar-refractivity contribution in [3.05, 3.63) is 24.3 Å². The minimum atomic E-state index is 0.0599. The topological polar surface area (TPSA) is 38.8 Å². The van der Waals surface area contributed by atoms with E-state index in [0.717, 1.165) is 19.5 Å². The van der Waals surface area contributed by atoms with E-state index in [-0.39, 0.29) is 12.5 Å². The summed E-state index contributed by atoms with van der Waals surface area (Å²) in [5, 5.41) is 0. The molecule has 0 aromatic heterocycles. The number of carbonyl (C=O) groups excluding carboxylic acids is 1. The Balaban J connectivity index is 1.88. The van der Waals surface area contributed by atoms with Gasteiger partial charge in [0, 0.05) is 13.1 Å². The normalized spacial score (nSPS) is 13.9. The van der Waals surface area contributed by atoms with Gasteiger partial charge in [-0.2, -0.15) is 0 Å². The maximum Gasteiger partial charge on any atom is 0.260 e. The number of rotatable bonds is 8. The van der Waals surface area contributed by atoms with Crippen molar-refractivity contribution in [2.75, 3.05) is 26.8 Å². The third-order valence-electron chi connectivity index (χ3n) is 3.44. The van der Waals surface area contributed by atoms with Gasteiger partial charge in [-0.1, -0.05) is 19.1 Å². The monoisotopic (exact) mass is 277 g/mol. The summed E-state index contributed by atoms with van der Waals surface area (Å²) in [7, 11) is 1.60. The molecule has 4 heteroatoms. The molecule has 4 nitrogen and oxygen atoms in total. The van der Waals surface area contributed by atoms with Crippen molar-refractivity contribution >= 4 is 5.91 Å². The molecule has 0 aliphatic heterocycles. The minimum absolute atomic E-state index is 0.0599. The average Bonchev–Trinajstić information content (AvgIpc) is 3.28. The molecule has 0 atom stereocenters. The van der Waals surface area contributed by atoms with E-state index in [1.54, 1.807) is 7.11 Å². The number of hydrogen-bond acceptors (Lipinski definition) is 3. The Hall–Kier alpha value is -1.71. The summed E-state index contributed by atoms with van der Waals surface area (Å²) in [5.41, 5.74) is 0. The number of benzene rings is 1. The van der Waals surface area contributed by atoms with Gasteiger partial charge in [0.2, 0.25) is 0 Å². The van der Waals surface area contributed by atoms with Gasteiger partial charge in [-0.3, -0.25) is 4.79 Å². The lowest BCUT2D eigenvalue weighted by Crippen LogP contribution is -2.37. The standard InChI is InChI=1S/C16H23NO3/c1-3-10-17(11-13-8-9-13)16(18)12-20-15-7-5-4-6-14(15)19-2/h4-7,13H,3,8-12H2,1-2H3.